The molecule has 3 rings (SSSR count). The summed E-state index contributed by atoms with van der Waals surface area (Å²) < 4.78 is 22.0. The Morgan fingerprint density at radius 3 is 1.46 bits per heavy atom. The smallest absolute Gasteiger partial charge is 0.308 e. The Hall–Kier alpha value is -1.14. The van der Waals surface area contributed by atoms with Crippen LogP contribution >= 0.6 is 0 Å². The molecule has 0 aromatic rings. The average molecular weight is 340 g/mol. The van der Waals surface area contributed by atoms with Gasteiger partial charge in [0.05, 0.1) is 25.0 Å². The van der Waals surface area contributed by atoms with Gasteiger partial charge < -0.3 is 18.9 Å². The van der Waals surface area contributed by atoms with Gasteiger partial charge in [0, 0.05) is 13.2 Å². The molecule has 0 radical (unpaired) electrons. The molecule has 1 aliphatic carbocycles. The van der Waals surface area contributed by atoms with E-state index >= 15 is 0 Å². The summed E-state index contributed by atoms with van der Waals surface area (Å²) >= 11 is 0. The van der Waals surface area contributed by atoms with Crippen molar-refractivity contribution < 1.29 is 28.5 Å². The van der Waals surface area contributed by atoms with E-state index in [2.05, 4.69) is 0 Å². The van der Waals surface area contributed by atoms with E-state index in [9.17, 15) is 9.59 Å². The lowest BCUT2D eigenvalue weighted by Gasteiger charge is -2.28. The summed E-state index contributed by atoms with van der Waals surface area (Å²) in [4.78, 5) is 23.8. The van der Waals surface area contributed by atoms with Crippen LogP contribution in [0, 0.1) is 0 Å². The summed E-state index contributed by atoms with van der Waals surface area (Å²) in [5, 5.41) is 0. The molecule has 0 aromatic carbocycles. The monoisotopic (exact) mass is 340 g/mol. The van der Waals surface area contributed by atoms with Gasteiger partial charge in [0.2, 0.25) is 0 Å². The molecule has 0 bridgehead atoms. The molecule has 24 heavy (non-hydrogen) atoms. The van der Waals surface area contributed by atoms with Crippen molar-refractivity contribution in [3.8, 4) is 0 Å². The quantitative estimate of drug-likeness (QED) is 0.692. The van der Waals surface area contributed by atoms with Crippen molar-refractivity contribution in [2.24, 2.45) is 0 Å². The molecule has 0 amide bonds. The van der Waals surface area contributed by atoms with Gasteiger partial charge in [-0.25, -0.2) is 0 Å². The van der Waals surface area contributed by atoms with Crippen LogP contribution in [0.25, 0.3) is 0 Å². The third kappa shape index (κ3) is 5.45. The fraction of sp³-hybridized carbons (Fsp3) is 0.889. The Labute approximate surface area is 143 Å². The Morgan fingerprint density at radius 2 is 1.12 bits per heavy atom. The highest BCUT2D eigenvalue weighted by Gasteiger charge is 2.29. The van der Waals surface area contributed by atoms with Gasteiger partial charge in [-0.15, -0.1) is 0 Å². The maximum Gasteiger partial charge on any atom is 0.308 e. The highest BCUT2D eigenvalue weighted by atomic mass is 16.6. The van der Waals surface area contributed by atoms with Gasteiger partial charge in [-0.1, -0.05) is 0 Å². The molecule has 2 atom stereocenters. The van der Waals surface area contributed by atoms with Gasteiger partial charge in [0.25, 0.3) is 0 Å². The SMILES string of the molecule is O=C(CC1CCCO1)OC1CCC(OC(=O)CC2CCCO2)CC1. The molecular weight excluding hydrogens is 312 g/mol. The molecule has 2 unspecified atom stereocenters. The van der Waals surface area contributed by atoms with E-state index in [4.69, 9.17) is 18.9 Å². The molecule has 2 aliphatic heterocycles. The van der Waals surface area contributed by atoms with Crippen molar-refractivity contribution in [3.63, 3.8) is 0 Å². The van der Waals surface area contributed by atoms with Crippen LogP contribution in [-0.2, 0) is 28.5 Å². The molecule has 136 valence electrons. The van der Waals surface area contributed by atoms with Crippen molar-refractivity contribution in [2.75, 3.05) is 13.2 Å². The van der Waals surface area contributed by atoms with Crippen LogP contribution in [-0.4, -0.2) is 49.6 Å². The van der Waals surface area contributed by atoms with Gasteiger partial charge in [0.15, 0.2) is 0 Å². The number of carbonyl (C=O) groups excluding carboxylic acids is 2. The van der Waals surface area contributed by atoms with Gasteiger partial charge in [-0.2, -0.15) is 0 Å². The Kier molecular flexibility index (Phi) is 6.49. The van der Waals surface area contributed by atoms with E-state index < -0.39 is 0 Å². The summed E-state index contributed by atoms with van der Waals surface area (Å²) in [6.45, 7) is 1.50. The molecule has 6 nitrogen and oxygen atoms in total. The molecule has 0 spiro atoms. The van der Waals surface area contributed by atoms with Crippen LogP contribution in [0.5, 0.6) is 0 Å². The summed E-state index contributed by atoms with van der Waals surface area (Å²) in [7, 11) is 0. The van der Waals surface area contributed by atoms with E-state index in [1.54, 1.807) is 0 Å². The van der Waals surface area contributed by atoms with Gasteiger partial charge in [-0.05, 0) is 51.4 Å². The zero-order valence-corrected chi connectivity index (χ0v) is 14.2. The second-order valence-corrected chi connectivity index (χ2v) is 7.06. The van der Waals surface area contributed by atoms with Crippen molar-refractivity contribution in [3.05, 3.63) is 0 Å². The van der Waals surface area contributed by atoms with Crippen molar-refractivity contribution in [1.82, 2.24) is 0 Å². The predicted molar refractivity (Wildman–Crippen MR) is 85.4 cm³/mol. The van der Waals surface area contributed by atoms with Crippen molar-refractivity contribution >= 4 is 11.9 Å². The maximum atomic E-state index is 11.9. The van der Waals surface area contributed by atoms with Crippen LogP contribution in [0.2, 0.25) is 0 Å². The third-order valence-corrected chi connectivity index (χ3v) is 5.05. The second kappa shape index (κ2) is 8.81. The van der Waals surface area contributed by atoms with Gasteiger partial charge >= 0.3 is 11.9 Å². The van der Waals surface area contributed by atoms with Crippen LogP contribution in [0.3, 0.4) is 0 Å². The molecular formula is C18H28O6. The minimum atomic E-state index is -0.166. The second-order valence-electron chi connectivity index (χ2n) is 7.06. The fourth-order valence-electron chi connectivity index (χ4n) is 3.72. The molecule has 3 fully saturated rings. The first kappa shape index (κ1) is 17.7. The molecule has 3 aliphatic rings. The fourth-order valence-corrected chi connectivity index (χ4v) is 3.72. The Bertz CT molecular complexity index is 377. The summed E-state index contributed by atoms with van der Waals surface area (Å²) in [5.74, 6) is -0.332. The third-order valence-electron chi connectivity index (χ3n) is 5.05. The van der Waals surface area contributed by atoms with Crippen LogP contribution in [0.1, 0.15) is 64.2 Å². The van der Waals surface area contributed by atoms with Crippen LogP contribution in [0.4, 0.5) is 0 Å². The first-order chi connectivity index (χ1) is 11.7. The average Bonchev–Trinajstić information content (AvgIpc) is 3.23. The zero-order chi connectivity index (χ0) is 16.8. The molecule has 0 N–H and O–H groups in total. The molecule has 6 heteroatoms. The molecule has 0 aromatic heterocycles. The highest BCUT2D eigenvalue weighted by molar-refractivity contribution is 5.70. The summed E-state index contributed by atoms with van der Waals surface area (Å²) in [5.41, 5.74) is 0. The number of hydrogen-bond acceptors (Lipinski definition) is 6. The van der Waals surface area contributed by atoms with Crippen LogP contribution < -0.4 is 0 Å². The van der Waals surface area contributed by atoms with E-state index in [1.807, 2.05) is 0 Å². The number of hydrogen-bond donors (Lipinski definition) is 0. The van der Waals surface area contributed by atoms with Crippen molar-refractivity contribution in [2.45, 2.75) is 88.6 Å². The minimum Gasteiger partial charge on any atom is -0.462 e. The lowest BCUT2D eigenvalue weighted by Crippen LogP contribution is -2.31. The molecule has 2 saturated heterocycles. The standard InChI is InChI=1S/C18H28O6/c19-17(11-15-3-1-9-21-15)23-13-5-7-14(8-6-13)24-18(20)12-16-4-2-10-22-16/h13-16H,1-12H2. The van der Waals surface area contributed by atoms with Gasteiger partial charge in [0.1, 0.15) is 12.2 Å². The predicted octanol–water partition coefficient (Wildman–Crippen LogP) is 2.52. The minimum absolute atomic E-state index is 0.0348. The van der Waals surface area contributed by atoms with Gasteiger partial charge in [-0.3, -0.25) is 9.59 Å². The van der Waals surface area contributed by atoms with E-state index in [0.29, 0.717) is 12.8 Å². The normalized spacial score (nSPS) is 33.3. The van der Waals surface area contributed by atoms with E-state index in [0.717, 1.165) is 64.6 Å². The number of ether oxygens (including phenoxy) is 4. The highest BCUT2D eigenvalue weighted by Crippen LogP contribution is 2.26. The molecule has 1 saturated carbocycles. The van der Waals surface area contributed by atoms with E-state index in [-0.39, 0.29) is 36.4 Å². The largest absolute Gasteiger partial charge is 0.462 e. The topological polar surface area (TPSA) is 71.1 Å². The number of rotatable bonds is 6. The first-order valence-corrected chi connectivity index (χ1v) is 9.31. The number of esters is 2. The molecule has 2 heterocycles. The maximum absolute atomic E-state index is 11.9. The lowest BCUT2D eigenvalue weighted by atomic mass is 9.95. The number of carbonyl (C=O) groups is 2. The Morgan fingerprint density at radius 1 is 0.708 bits per heavy atom. The summed E-state index contributed by atoms with van der Waals surface area (Å²) in [6.07, 6.45) is 7.67. The summed E-state index contributed by atoms with van der Waals surface area (Å²) in [6, 6.07) is 0. The Balaban J connectivity index is 1.30. The van der Waals surface area contributed by atoms with Crippen LogP contribution in [0.15, 0.2) is 0 Å². The first-order valence-electron chi connectivity index (χ1n) is 9.31. The zero-order valence-electron chi connectivity index (χ0n) is 14.2. The van der Waals surface area contributed by atoms with E-state index in [1.165, 1.54) is 0 Å². The lowest BCUT2D eigenvalue weighted by molar-refractivity contribution is -0.160. The van der Waals surface area contributed by atoms with Crippen molar-refractivity contribution in [1.29, 1.82) is 0 Å².